The Bertz CT molecular complexity index is 889. The SMILES string of the molecule is O=[N+]([O-])c1ccc(-c2nnc(-c3cccc(C(F)(F)F)c3)o2)cc1. The Balaban J connectivity index is 1.92. The largest absolute Gasteiger partial charge is 0.416 e. The Labute approximate surface area is 132 Å². The van der Waals surface area contributed by atoms with Crippen LogP contribution in [0.15, 0.2) is 52.9 Å². The normalized spacial score (nSPS) is 11.5. The Hall–Kier alpha value is -3.23. The van der Waals surface area contributed by atoms with E-state index in [4.69, 9.17) is 4.42 Å². The number of hydrogen-bond acceptors (Lipinski definition) is 5. The lowest BCUT2D eigenvalue weighted by molar-refractivity contribution is -0.384. The molecule has 1 heterocycles. The van der Waals surface area contributed by atoms with E-state index in [0.29, 0.717) is 5.56 Å². The summed E-state index contributed by atoms with van der Waals surface area (Å²) in [6, 6.07) is 9.89. The molecule has 0 aliphatic rings. The summed E-state index contributed by atoms with van der Waals surface area (Å²) in [6.07, 6.45) is -4.47. The summed E-state index contributed by atoms with van der Waals surface area (Å²) in [6.45, 7) is 0. The second kappa shape index (κ2) is 5.76. The van der Waals surface area contributed by atoms with Crippen molar-refractivity contribution in [2.75, 3.05) is 0 Å². The molecule has 6 nitrogen and oxygen atoms in total. The minimum atomic E-state index is -4.47. The lowest BCUT2D eigenvalue weighted by Gasteiger charge is -2.06. The molecule has 0 amide bonds. The van der Waals surface area contributed by atoms with Gasteiger partial charge in [0.15, 0.2) is 0 Å². The molecule has 0 bridgehead atoms. The Morgan fingerprint density at radius 1 is 0.958 bits per heavy atom. The summed E-state index contributed by atoms with van der Waals surface area (Å²) in [5.41, 5.74) is -0.372. The Morgan fingerprint density at radius 3 is 2.17 bits per heavy atom. The zero-order valence-electron chi connectivity index (χ0n) is 11.8. The summed E-state index contributed by atoms with van der Waals surface area (Å²) in [4.78, 5) is 10.1. The van der Waals surface area contributed by atoms with Gasteiger partial charge in [-0.25, -0.2) is 0 Å². The first-order valence-electron chi connectivity index (χ1n) is 6.60. The third-order valence-electron chi connectivity index (χ3n) is 3.19. The van der Waals surface area contributed by atoms with Gasteiger partial charge in [-0.1, -0.05) is 6.07 Å². The predicted molar refractivity (Wildman–Crippen MR) is 76.8 cm³/mol. The van der Waals surface area contributed by atoms with Crippen molar-refractivity contribution in [1.29, 1.82) is 0 Å². The molecule has 0 N–H and O–H groups in total. The Morgan fingerprint density at radius 2 is 1.58 bits per heavy atom. The maximum Gasteiger partial charge on any atom is 0.416 e. The highest BCUT2D eigenvalue weighted by atomic mass is 19.4. The van der Waals surface area contributed by atoms with Crippen molar-refractivity contribution in [1.82, 2.24) is 10.2 Å². The molecule has 3 aromatic rings. The summed E-state index contributed by atoms with van der Waals surface area (Å²) in [5, 5.41) is 18.1. The number of nitrogens with zero attached hydrogens (tertiary/aromatic N) is 3. The van der Waals surface area contributed by atoms with E-state index in [9.17, 15) is 23.3 Å². The number of non-ortho nitro benzene ring substituents is 1. The van der Waals surface area contributed by atoms with Crippen LogP contribution in [0, 0.1) is 10.1 Å². The van der Waals surface area contributed by atoms with E-state index in [2.05, 4.69) is 10.2 Å². The molecule has 3 rings (SSSR count). The number of hydrogen-bond donors (Lipinski definition) is 0. The van der Waals surface area contributed by atoms with Crippen molar-refractivity contribution in [2.45, 2.75) is 6.18 Å². The van der Waals surface area contributed by atoms with Crippen molar-refractivity contribution >= 4 is 5.69 Å². The number of benzene rings is 2. The molecular formula is C15H8F3N3O3. The van der Waals surface area contributed by atoms with Gasteiger partial charge in [0.1, 0.15) is 0 Å². The van der Waals surface area contributed by atoms with Crippen LogP contribution in [0.2, 0.25) is 0 Å². The average molecular weight is 335 g/mol. The standard InChI is InChI=1S/C15H8F3N3O3/c16-15(17,18)11-3-1-2-10(8-11)14-20-19-13(24-14)9-4-6-12(7-5-9)21(22)23/h1-8H. The molecule has 0 atom stereocenters. The van der Waals surface area contributed by atoms with Gasteiger partial charge < -0.3 is 4.42 Å². The summed E-state index contributed by atoms with van der Waals surface area (Å²) >= 11 is 0. The number of rotatable bonds is 3. The molecule has 0 aliphatic heterocycles. The maximum atomic E-state index is 12.7. The smallest absolute Gasteiger partial charge is 0.416 e. The van der Waals surface area contributed by atoms with Crippen molar-refractivity contribution in [3.8, 4) is 22.9 Å². The van der Waals surface area contributed by atoms with Crippen molar-refractivity contribution < 1.29 is 22.5 Å². The van der Waals surface area contributed by atoms with E-state index in [0.717, 1.165) is 12.1 Å². The highest BCUT2D eigenvalue weighted by Gasteiger charge is 2.30. The molecule has 0 saturated heterocycles. The summed E-state index contributed by atoms with van der Waals surface area (Å²) < 4.78 is 43.6. The minimum absolute atomic E-state index is 0.0531. The van der Waals surface area contributed by atoms with Crippen LogP contribution in [0.4, 0.5) is 18.9 Å². The van der Waals surface area contributed by atoms with E-state index in [1.54, 1.807) is 0 Å². The lowest BCUT2D eigenvalue weighted by atomic mass is 10.1. The maximum absolute atomic E-state index is 12.7. The number of alkyl halides is 3. The first-order chi connectivity index (χ1) is 11.3. The second-order valence-electron chi connectivity index (χ2n) is 4.79. The lowest BCUT2D eigenvalue weighted by Crippen LogP contribution is -2.04. The molecule has 122 valence electrons. The zero-order chi connectivity index (χ0) is 17.3. The van der Waals surface area contributed by atoms with Gasteiger partial charge in [-0.3, -0.25) is 10.1 Å². The average Bonchev–Trinajstić information content (AvgIpc) is 3.04. The van der Waals surface area contributed by atoms with Crippen LogP contribution in [0.5, 0.6) is 0 Å². The van der Waals surface area contributed by atoms with Gasteiger partial charge in [-0.15, -0.1) is 10.2 Å². The van der Waals surface area contributed by atoms with E-state index in [1.807, 2.05) is 0 Å². The van der Waals surface area contributed by atoms with Gasteiger partial charge in [0.05, 0.1) is 10.5 Å². The third-order valence-corrected chi connectivity index (χ3v) is 3.19. The highest BCUT2D eigenvalue weighted by molar-refractivity contribution is 5.59. The van der Waals surface area contributed by atoms with Crippen LogP contribution in [0.1, 0.15) is 5.56 Å². The minimum Gasteiger partial charge on any atom is -0.416 e. The molecule has 0 unspecified atom stereocenters. The summed E-state index contributed by atoms with van der Waals surface area (Å²) in [7, 11) is 0. The number of aromatic nitrogens is 2. The molecule has 0 fully saturated rings. The fourth-order valence-electron chi connectivity index (χ4n) is 2.01. The van der Waals surface area contributed by atoms with Crippen molar-refractivity contribution in [2.24, 2.45) is 0 Å². The van der Waals surface area contributed by atoms with Crippen LogP contribution < -0.4 is 0 Å². The first-order valence-corrected chi connectivity index (χ1v) is 6.60. The van der Waals surface area contributed by atoms with Gasteiger partial charge in [0.2, 0.25) is 11.8 Å². The molecule has 2 aromatic carbocycles. The third kappa shape index (κ3) is 3.09. The molecule has 0 spiro atoms. The number of nitro groups is 1. The van der Waals surface area contributed by atoms with E-state index in [-0.39, 0.29) is 23.0 Å². The van der Waals surface area contributed by atoms with Crippen LogP contribution in [0.25, 0.3) is 22.9 Å². The molecule has 0 aliphatic carbocycles. The predicted octanol–water partition coefficient (Wildman–Crippen LogP) is 4.33. The van der Waals surface area contributed by atoms with Crippen molar-refractivity contribution in [3.05, 3.63) is 64.2 Å². The number of nitro benzene ring substituents is 1. The van der Waals surface area contributed by atoms with Crippen molar-refractivity contribution in [3.63, 3.8) is 0 Å². The van der Waals surface area contributed by atoms with E-state index < -0.39 is 16.7 Å². The monoisotopic (exact) mass is 335 g/mol. The van der Waals surface area contributed by atoms with Gasteiger partial charge in [-0.05, 0) is 30.3 Å². The van der Waals surface area contributed by atoms with Gasteiger partial charge in [0, 0.05) is 23.3 Å². The van der Waals surface area contributed by atoms with Crippen LogP contribution in [-0.4, -0.2) is 15.1 Å². The van der Waals surface area contributed by atoms with Gasteiger partial charge in [-0.2, -0.15) is 13.2 Å². The Kier molecular flexibility index (Phi) is 3.76. The molecular weight excluding hydrogens is 327 g/mol. The number of halogens is 3. The topological polar surface area (TPSA) is 82.1 Å². The van der Waals surface area contributed by atoms with Crippen LogP contribution >= 0.6 is 0 Å². The van der Waals surface area contributed by atoms with Gasteiger partial charge >= 0.3 is 6.18 Å². The summed E-state index contributed by atoms with van der Waals surface area (Å²) in [5.74, 6) is -0.0215. The fraction of sp³-hybridized carbons (Fsp3) is 0.0667. The molecule has 0 radical (unpaired) electrons. The highest BCUT2D eigenvalue weighted by Crippen LogP contribution is 2.32. The first kappa shape index (κ1) is 15.7. The molecule has 0 saturated carbocycles. The molecule has 9 heteroatoms. The quantitative estimate of drug-likeness (QED) is 0.525. The molecule has 1 aromatic heterocycles. The van der Waals surface area contributed by atoms with Crippen LogP contribution in [-0.2, 0) is 6.18 Å². The van der Waals surface area contributed by atoms with E-state index in [1.165, 1.54) is 36.4 Å². The second-order valence-corrected chi connectivity index (χ2v) is 4.79. The molecule has 24 heavy (non-hydrogen) atoms. The fourth-order valence-corrected chi connectivity index (χ4v) is 2.01. The van der Waals surface area contributed by atoms with Gasteiger partial charge in [0.25, 0.3) is 5.69 Å². The van der Waals surface area contributed by atoms with E-state index >= 15 is 0 Å². The zero-order valence-corrected chi connectivity index (χ0v) is 11.8. The van der Waals surface area contributed by atoms with Crippen LogP contribution in [0.3, 0.4) is 0 Å².